The van der Waals surface area contributed by atoms with Crippen molar-refractivity contribution in [1.82, 2.24) is 5.32 Å². The van der Waals surface area contributed by atoms with E-state index in [1.54, 1.807) is 0 Å². The van der Waals surface area contributed by atoms with Gasteiger partial charge < -0.3 is 21.4 Å². The number of unbranched alkanes of at least 4 members (excludes halogenated alkanes) is 3. The first kappa shape index (κ1) is 14.2. The second kappa shape index (κ2) is 11.3. The summed E-state index contributed by atoms with van der Waals surface area (Å²) in [6.45, 7) is 2.20. The highest BCUT2D eigenvalue weighted by molar-refractivity contribution is 5.79. The van der Waals surface area contributed by atoms with Crippen LogP contribution in [0.5, 0.6) is 0 Å². The molecule has 5 heteroatoms. The van der Waals surface area contributed by atoms with Crippen molar-refractivity contribution in [2.24, 2.45) is 10.9 Å². The van der Waals surface area contributed by atoms with Gasteiger partial charge >= 0.3 is 0 Å². The summed E-state index contributed by atoms with van der Waals surface area (Å²) in [4.78, 5) is 0. The average molecular weight is 217 g/mol. The first-order valence-corrected chi connectivity index (χ1v) is 5.59. The number of hydrogen-bond acceptors (Lipinski definition) is 4. The Morgan fingerprint density at radius 1 is 1.07 bits per heavy atom. The van der Waals surface area contributed by atoms with Crippen LogP contribution in [0.25, 0.3) is 0 Å². The molecule has 0 atom stereocenters. The number of rotatable bonds is 10. The highest BCUT2D eigenvalue weighted by Gasteiger charge is 1.93. The van der Waals surface area contributed by atoms with Crippen LogP contribution in [0.1, 0.15) is 38.5 Å². The van der Waals surface area contributed by atoms with Gasteiger partial charge in [0.2, 0.25) is 0 Å². The van der Waals surface area contributed by atoms with Crippen LogP contribution < -0.4 is 11.1 Å². The van der Waals surface area contributed by atoms with E-state index in [1.165, 1.54) is 0 Å². The van der Waals surface area contributed by atoms with E-state index in [-0.39, 0.29) is 0 Å². The van der Waals surface area contributed by atoms with E-state index in [2.05, 4.69) is 10.5 Å². The van der Waals surface area contributed by atoms with Gasteiger partial charge in [0.05, 0.1) is 0 Å². The molecule has 0 aromatic rings. The van der Waals surface area contributed by atoms with Crippen molar-refractivity contribution in [2.45, 2.75) is 38.5 Å². The minimum atomic E-state index is 0.291. The maximum atomic E-state index is 8.56. The van der Waals surface area contributed by atoms with E-state index in [0.717, 1.165) is 45.2 Å². The van der Waals surface area contributed by atoms with E-state index in [4.69, 9.17) is 16.0 Å². The molecule has 5 nitrogen and oxygen atoms in total. The van der Waals surface area contributed by atoms with E-state index in [1.807, 2.05) is 0 Å². The molecule has 0 aliphatic rings. The molecule has 0 spiro atoms. The van der Waals surface area contributed by atoms with Crippen LogP contribution in [0, 0.1) is 0 Å². The van der Waals surface area contributed by atoms with Crippen LogP contribution in [0.4, 0.5) is 0 Å². The van der Waals surface area contributed by atoms with Crippen molar-refractivity contribution < 1.29 is 10.3 Å². The second-order valence-electron chi connectivity index (χ2n) is 3.58. The van der Waals surface area contributed by atoms with Gasteiger partial charge in [0, 0.05) is 13.0 Å². The van der Waals surface area contributed by atoms with Crippen LogP contribution in [0.15, 0.2) is 5.16 Å². The lowest BCUT2D eigenvalue weighted by molar-refractivity contribution is 0.282. The Balaban J connectivity index is 2.99. The Morgan fingerprint density at radius 2 is 1.73 bits per heavy atom. The molecule has 0 unspecified atom stereocenters. The van der Waals surface area contributed by atoms with Gasteiger partial charge in [-0.1, -0.05) is 18.0 Å². The van der Waals surface area contributed by atoms with Gasteiger partial charge in [-0.15, -0.1) is 0 Å². The van der Waals surface area contributed by atoms with Crippen molar-refractivity contribution >= 4 is 5.84 Å². The molecule has 5 N–H and O–H groups in total. The van der Waals surface area contributed by atoms with Gasteiger partial charge in [0.25, 0.3) is 0 Å². The highest BCUT2D eigenvalue weighted by Crippen LogP contribution is 1.97. The van der Waals surface area contributed by atoms with Crippen LogP contribution in [-0.4, -0.2) is 35.8 Å². The second-order valence-corrected chi connectivity index (χ2v) is 3.58. The van der Waals surface area contributed by atoms with Gasteiger partial charge in [-0.05, 0) is 32.4 Å². The molecule has 0 fully saturated rings. The largest absolute Gasteiger partial charge is 0.409 e. The summed E-state index contributed by atoms with van der Waals surface area (Å²) in [5, 5.41) is 23.0. The number of hydrogen-bond donors (Lipinski definition) is 4. The zero-order valence-electron chi connectivity index (χ0n) is 9.28. The van der Waals surface area contributed by atoms with Crippen molar-refractivity contribution in [1.29, 1.82) is 0 Å². The molecule has 0 bridgehead atoms. The number of amidine groups is 1. The Bertz CT molecular complexity index is 163. The van der Waals surface area contributed by atoms with Gasteiger partial charge in [0.15, 0.2) is 0 Å². The van der Waals surface area contributed by atoms with Crippen LogP contribution in [-0.2, 0) is 0 Å². The first-order chi connectivity index (χ1) is 7.31. The first-order valence-electron chi connectivity index (χ1n) is 5.59. The lowest BCUT2D eigenvalue weighted by atomic mass is 10.2. The minimum absolute atomic E-state index is 0.291. The molecule has 0 heterocycles. The third-order valence-corrected chi connectivity index (χ3v) is 2.18. The average Bonchev–Trinajstić information content (AvgIpc) is 2.26. The van der Waals surface area contributed by atoms with Crippen molar-refractivity contribution in [3.05, 3.63) is 0 Å². The summed E-state index contributed by atoms with van der Waals surface area (Å²) in [6, 6.07) is 0. The molecule has 90 valence electrons. The summed E-state index contributed by atoms with van der Waals surface area (Å²) in [5.41, 5.74) is 5.32. The maximum Gasteiger partial charge on any atom is 0.139 e. The number of oxime groups is 1. The molecule has 0 aliphatic carbocycles. The van der Waals surface area contributed by atoms with Gasteiger partial charge in [0.1, 0.15) is 5.84 Å². The predicted molar refractivity (Wildman–Crippen MR) is 61.1 cm³/mol. The van der Waals surface area contributed by atoms with E-state index in [9.17, 15) is 0 Å². The third kappa shape index (κ3) is 11.1. The molecule has 0 aliphatic heterocycles. The standard InChI is InChI=1S/C10H23N3O2/c11-10(13-15)6-5-8-12-7-3-1-2-4-9-14/h12,14-15H,1-9H2,(H2,11,13). The maximum absolute atomic E-state index is 8.56. The number of nitrogens with two attached hydrogens (primary N) is 1. The summed E-state index contributed by atoms with van der Waals surface area (Å²) in [7, 11) is 0. The fraction of sp³-hybridized carbons (Fsp3) is 0.900. The highest BCUT2D eigenvalue weighted by atomic mass is 16.4. The fourth-order valence-corrected chi connectivity index (χ4v) is 1.28. The fourth-order valence-electron chi connectivity index (χ4n) is 1.28. The normalized spacial score (nSPS) is 11.9. The quantitative estimate of drug-likeness (QED) is 0.142. The Kier molecular flexibility index (Phi) is 10.7. The Hall–Kier alpha value is -0.810. The molecule has 0 aromatic heterocycles. The zero-order chi connectivity index (χ0) is 11.4. The summed E-state index contributed by atoms with van der Waals surface area (Å²) in [5.74, 6) is 0.291. The summed E-state index contributed by atoms with van der Waals surface area (Å²) in [6.07, 6.45) is 5.84. The lowest BCUT2D eigenvalue weighted by Crippen LogP contribution is -2.19. The minimum Gasteiger partial charge on any atom is -0.409 e. The monoisotopic (exact) mass is 217 g/mol. The van der Waals surface area contributed by atoms with Crippen molar-refractivity contribution in [3.8, 4) is 0 Å². The van der Waals surface area contributed by atoms with E-state index >= 15 is 0 Å². The van der Waals surface area contributed by atoms with Crippen molar-refractivity contribution in [3.63, 3.8) is 0 Å². The van der Waals surface area contributed by atoms with E-state index < -0.39 is 0 Å². The molecule has 0 saturated carbocycles. The van der Waals surface area contributed by atoms with Crippen LogP contribution in [0.2, 0.25) is 0 Å². The third-order valence-electron chi connectivity index (χ3n) is 2.18. The van der Waals surface area contributed by atoms with Crippen molar-refractivity contribution in [2.75, 3.05) is 19.7 Å². The van der Waals surface area contributed by atoms with E-state index in [0.29, 0.717) is 18.9 Å². The van der Waals surface area contributed by atoms with Crippen LogP contribution >= 0.6 is 0 Å². The summed E-state index contributed by atoms with van der Waals surface area (Å²) < 4.78 is 0. The zero-order valence-corrected chi connectivity index (χ0v) is 9.28. The molecule has 0 saturated heterocycles. The Morgan fingerprint density at radius 3 is 2.40 bits per heavy atom. The number of aliphatic hydroxyl groups is 1. The molecule has 15 heavy (non-hydrogen) atoms. The molecular formula is C10H23N3O2. The lowest BCUT2D eigenvalue weighted by Gasteiger charge is -2.03. The summed E-state index contributed by atoms with van der Waals surface area (Å²) >= 11 is 0. The van der Waals surface area contributed by atoms with Gasteiger partial charge in [-0.2, -0.15) is 0 Å². The topological polar surface area (TPSA) is 90.9 Å². The molecule has 0 amide bonds. The van der Waals surface area contributed by atoms with Crippen LogP contribution in [0.3, 0.4) is 0 Å². The number of aliphatic hydroxyl groups excluding tert-OH is 1. The number of nitrogens with one attached hydrogen (secondary N) is 1. The smallest absolute Gasteiger partial charge is 0.139 e. The Labute approximate surface area is 91.4 Å². The molecule has 0 aromatic carbocycles. The van der Waals surface area contributed by atoms with Gasteiger partial charge in [-0.3, -0.25) is 0 Å². The molecular weight excluding hydrogens is 194 g/mol. The predicted octanol–water partition coefficient (Wildman–Crippen LogP) is 0.655. The van der Waals surface area contributed by atoms with Gasteiger partial charge in [-0.25, -0.2) is 0 Å². The SMILES string of the molecule is NC(CCCNCCCCCCO)=NO. The molecule has 0 rings (SSSR count). The number of nitrogens with zero attached hydrogens (tertiary/aromatic N) is 1. The molecule has 0 radical (unpaired) electrons.